The molecule has 0 aromatic heterocycles. The molecule has 0 spiro atoms. The van der Waals surface area contributed by atoms with E-state index in [1.807, 2.05) is 0 Å². The third-order valence-electron chi connectivity index (χ3n) is 4.11. The Hall–Kier alpha value is -0.0800. The van der Waals surface area contributed by atoms with Crippen LogP contribution in [0.1, 0.15) is 39.0 Å². The van der Waals surface area contributed by atoms with Crippen LogP contribution in [0, 0.1) is 11.8 Å². The normalized spacial score (nSPS) is 58.6. The van der Waals surface area contributed by atoms with Crippen LogP contribution in [0.5, 0.6) is 0 Å². The van der Waals surface area contributed by atoms with Gasteiger partial charge in [-0.05, 0) is 38.0 Å². The summed E-state index contributed by atoms with van der Waals surface area (Å²) in [5.74, 6) is 1.54. The van der Waals surface area contributed by atoms with Gasteiger partial charge in [0.1, 0.15) is 0 Å². The Balaban J connectivity index is 1.95. The van der Waals surface area contributed by atoms with Crippen LogP contribution in [-0.4, -0.2) is 18.5 Å². The average molecular weight is 182 g/mol. The van der Waals surface area contributed by atoms with Crippen LogP contribution in [0.4, 0.5) is 0 Å². The van der Waals surface area contributed by atoms with Crippen LogP contribution in [-0.2, 0) is 9.47 Å². The molecule has 74 valence electrons. The maximum absolute atomic E-state index is 6.13. The molecule has 2 heteroatoms. The minimum atomic E-state index is -0.196. The SMILES string of the molecule is COC12CC3CC(CC(C)(C3)O1)C2. The fraction of sp³-hybridized carbons (Fsp3) is 1.00. The molecule has 2 unspecified atom stereocenters. The van der Waals surface area contributed by atoms with Crippen LogP contribution < -0.4 is 0 Å². The van der Waals surface area contributed by atoms with Gasteiger partial charge >= 0.3 is 0 Å². The Morgan fingerprint density at radius 3 is 2.23 bits per heavy atom. The van der Waals surface area contributed by atoms with Crippen molar-refractivity contribution >= 4 is 0 Å². The summed E-state index contributed by atoms with van der Waals surface area (Å²) in [6.07, 6.45) is 6.21. The summed E-state index contributed by atoms with van der Waals surface area (Å²) in [5, 5.41) is 0. The van der Waals surface area contributed by atoms with Gasteiger partial charge < -0.3 is 9.47 Å². The zero-order chi connectivity index (χ0) is 9.10. The van der Waals surface area contributed by atoms with Crippen LogP contribution in [0.3, 0.4) is 0 Å². The van der Waals surface area contributed by atoms with Gasteiger partial charge in [0, 0.05) is 20.0 Å². The molecule has 4 rings (SSSR count). The highest BCUT2D eigenvalue weighted by atomic mass is 16.7. The molecule has 4 aliphatic rings. The quantitative estimate of drug-likeness (QED) is 0.619. The van der Waals surface area contributed by atoms with Crippen molar-refractivity contribution in [3.8, 4) is 0 Å². The van der Waals surface area contributed by atoms with Crippen molar-refractivity contribution in [2.45, 2.75) is 50.4 Å². The van der Waals surface area contributed by atoms with Gasteiger partial charge in [-0.15, -0.1) is 0 Å². The van der Waals surface area contributed by atoms with Crippen molar-refractivity contribution < 1.29 is 9.47 Å². The lowest BCUT2D eigenvalue weighted by atomic mass is 9.61. The maximum atomic E-state index is 6.13. The minimum Gasteiger partial charge on any atom is -0.353 e. The molecule has 4 bridgehead atoms. The van der Waals surface area contributed by atoms with Gasteiger partial charge in [0.15, 0.2) is 5.79 Å². The predicted molar refractivity (Wildman–Crippen MR) is 49.3 cm³/mol. The lowest BCUT2D eigenvalue weighted by Crippen LogP contribution is -2.60. The van der Waals surface area contributed by atoms with Crippen molar-refractivity contribution in [2.24, 2.45) is 11.8 Å². The summed E-state index contributed by atoms with van der Waals surface area (Å²) >= 11 is 0. The molecule has 2 aliphatic carbocycles. The van der Waals surface area contributed by atoms with Gasteiger partial charge in [0.05, 0.1) is 5.60 Å². The largest absolute Gasteiger partial charge is 0.353 e. The van der Waals surface area contributed by atoms with Crippen molar-refractivity contribution in [3.63, 3.8) is 0 Å². The van der Waals surface area contributed by atoms with Gasteiger partial charge in [0.25, 0.3) is 0 Å². The second-order valence-corrected chi connectivity index (χ2v) is 5.45. The van der Waals surface area contributed by atoms with Gasteiger partial charge in [-0.1, -0.05) is 0 Å². The molecule has 2 nitrogen and oxygen atoms in total. The molecular weight excluding hydrogens is 164 g/mol. The molecule has 2 atom stereocenters. The molecule has 2 saturated carbocycles. The smallest absolute Gasteiger partial charge is 0.169 e. The summed E-state index contributed by atoms with van der Waals surface area (Å²) in [5.41, 5.74) is 0.139. The van der Waals surface area contributed by atoms with E-state index in [1.54, 1.807) is 7.11 Å². The molecular formula is C11H18O2. The summed E-state index contributed by atoms with van der Waals surface area (Å²) in [6.45, 7) is 2.26. The van der Waals surface area contributed by atoms with Gasteiger partial charge in [-0.25, -0.2) is 0 Å². The lowest BCUT2D eigenvalue weighted by Gasteiger charge is -2.60. The molecule has 0 aromatic carbocycles. The van der Waals surface area contributed by atoms with Gasteiger partial charge in [0.2, 0.25) is 0 Å². The van der Waals surface area contributed by atoms with E-state index in [-0.39, 0.29) is 11.4 Å². The van der Waals surface area contributed by atoms with Gasteiger partial charge in [-0.2, -0.15) is 0 Å². The van der Waals surface area contributed by atoms with E-state index >= 15 is 0 Å². The van der Waals surface area contributed by atoms with E-state index in [0.29, 0.717) is 0 Å². The number of ether oxygens (including phenoxy) is 2. The van der Waals surface area contributed by atoms with E-state index in [1.165, 1.54) is 19.3 Å². The molecule has 4 fully saturated rings. The number of rotatable bonds is 1. The van der Waals surface area contributed by atoms with Crippen molar-refractivity contribution in [1.82, 2.24) is 0 Å². The summed E-state index contributed by atoms with van der Waals surface area (Å²) in [4.78, 5) is 0. The second-order valence-electron chi connectivity index (χ2n) is 5.45. The van der Waals surface area contributed by atoms with Crippen molar-refractivity contribution in [2.75, 3.05) is 7.11 Å². The van der Waals surface area contributed by atoms with Crippen LogP contribution >= 0.6 is 0 Å². The highest BCUT2D eigenvalue weighted by Crippen LogP contribution is 2.57. The zero-order valence-electron chi connectivity index (χ0n) is 8.51. The average Bonchev–Trinajstić information content (AvgIpc) is 1.99. The Labute approximate surface area is 79.6 Å². The van der Waals surface area contributed by atoms with E-state index in [4.69, 9.17) is 9.47 Å². The van der Waals surface area contributed by atoms with Crippen molar-refractivity contribution in [1.29, 1.82) is 0 Å². The third kappa shape index (κ3) is 1.08. The van der Waals surface area contributed by atoms with Crippen LogP contribution in [0.15, 0.2) is 0 Å². The van der Waals surface area contributed by atoms with Crippen LogP contribution in [0.2, 0.25) is 0 Å². The summed E-state index contributed by atoms with van der Waals surface area (Å²) in [6, 6.07) is 0. The molecule has 2 heterocycles. The first-order valence-corrected chi connectivity index (χ1v) is 5.38. The highest BCUT2D eigenvalue weighted by molar-refractivity contribution is 5.02. The Morgan fingerprint density at radius 1 is 1.15 bits per heavy atom. The fourth-order valence-electron chi connectivity index (χ4n) is 4.04. The summed E-state index contributed by atoms with van der Waals surface area (Å²) in [7, 11) is 1.80. The van der Waals surface area contributed by atoms with E-state index in [2.05, 4.69) is 6.92 Å². The van der Waals surface area contributed by atoms with Gasteiger partial charge in [-0.3, -0.25) is 0 Å². The second kappa shape index (κ2) is 2.29. The number of methoxy groups -OCH3 is 1. The monoisotopic (exact) mass is 182 g/mol. The summed E-state index contributed by atoms with van der Waals surface area (Å²) < 4.78 is 11.7. The molecule has 0 N–H and O–H groups in total. The Kier molecular flexibility index (Phi) is 1.45. The Bertz CT molecular complexity index is 222. The topological polar surface area (TPSA) is 18.5 Å². The van der Waals surface area contributed by atoms with E-state index in [0.717, 1.165) is 24.7 Å². The first-order valence-electron chi connectivity index (χ1n) is 5.38. The number of hydrogen-bond donors (Lipinski definition) is 0. The van der Waals surface area contributed by atoms with E-state index < -0.39 is 0 Å². The third-order valence-corrected chi connectivity index (χ3v) is 4.11. The van der Waals surface area contributed by atoms with E-state index in [9.17, 15) is 0 Å². The molecule has 2 aliphatic heterocycles. The van der Waals surface area contributed by atoms with Crippen LogP contribution in [0.25, 0.3) is 0 Å². The molecule has 2 saturated heterocycles. The Morgan fingerprint density at radius 2 is 1.77 bits per heavy atom. The highest BCUT2D eigenvalue weighted by Gasteiger charge is 2.57. The zero-order valence-corrected chi connectivity index (χ0v) is 8.51. The molecule has 0 radical (unpaired) electrons. The maximum Gasteiger partial charge on any atom is 0.169 e. The fourth-order valence-corrected chi connectivity index (χ4v) is 4.04. The first kappa shape index (κ1) is 8.25. The van der Waals surface area contributed by atoms with Crippen molar-refractivity contribution in [3.05, 3.63) is 0 Å². The lowest BCUT2D eigenvalue weighted by molar-refractivity contribution is -0.359. The molecule has 0 aromatic rings. The predicted octanol–water partition coefficient (Wildman–Crippen LogP) is 2.33. The molecule has 0 amide bonds. The number of hydrogen-bond acceptors (Lipinski definition) is 2. The molecule has 13 heavy (non-hydrogen) atoms. The standard InChI is InChI=1S/C11H18O2/c1-10-4-8-3-9(5-10)7-11(6-8,12-2)13-10/h8-9H,3-7H2,1-2H3. The first-order chi connectivity index (χ1) is 6.13. The minimum absolute atomic E-state index is 0.139.